The fourth-order valence-electron chi connectivity index (χ4n) is 1.62. The van der Waals surface area contributed by atoms with E-state index < -0.39 is 29.6 Å². The summed E-state index contributed by atoms with van der Waals surface area (Å²) in [6.07, 6.45) is 0. The SMILES string of the molecule is Fc1cc(F)c(-c2ccc(OC(F)F)cc2)c(F)c1. The topological polar surface area (TPSA) is 9.23 Å². The molecule has 6 heteroatoms. The van der Waals surface area contributed by atoms with Crippen molar-refractivity contribution in [1.29, 1.82) is 0 Å². The number of alkyl halides is 2. The summed E-state index contributed by atoms with van der Waals surface area (Å²) in [6, 6.07) is 5.78. The van der Waals surface area contributed by atoms with Gasteiger partial charge in [0.15, 0.2) is 0 Å². The summed E-state index contributed by atoms with van der Waals surface area (Å²) in [5.41, 5.74) is -0.332. The van der Waals surface area contributed by atoms with Crippen molar-refractivity contribution in [2.75, 3.05) is 0 Å². The number of halogens is 5. The monoisotopic (exact) mass is 274 g/mol. The second-order valence-electron chi connectivity index (χ2n) is 3.65. The van der Waals surface area contributed by atoms with Gasteiger partial charge in [0.2, 0.25) is 0 Å². The first-order valence-electron chi connectivity index (χ1n) is 5.17. The highest BCUT2D eigenvalue weighted by Crippen LogP contribution is 2.28. The maximum Gasteiger partial charge on any atom is 0.387 e. The van der Waals surface area contributed by atoms with Crippen molar-refractivity contribution < 1.29 is 26.7 Å². The maximum absolute atomic E-state index is 13.5. The minimum absolute atomic E-state index is 0.0941. The average molecular weight is 274 g/mol. The summed E-state index contributed by atoms with van der Waals surface area (Å²) in [7, 11) is 0. The normalized spacial score (nSPS) is 10.8. The summed E-state index contributed by atoms with van der Waals surface area (Å²) < 4.78 is 67.7. The van der Waals surface area contributed by atoms with Crippen LogP contribution in [0.3, 0.4) is 0 Å². The highest BCUT2D eigenvalue weighted by atomic mass is 19.3. The largest absolute Gasteiger partial charge is 0.435 e. The van der Waals surface area contributed by atoms with Gasteiger partial charge < -0.3 is 4.74 Å². The molecule has 0 aliphatic heterocycles. The summed E-state index contributed by atoms with van der Waals surface area (Å²) in [5, 5.41) is 0. The van der Waals surface area contributed by atoms with E-state index in [9.17, 15) is 22.0 Å². The van der Waals surface area contributed by atoms with Crippen LogP contribution in [0.15, 0.2) is 36.4 Å². The van der Waals surface area contributed by atoms with E-state index in [1.807, 2.05) is 0 Å². The Kier molecular flexibility index (Phi) is 3.69. The number of ether oxygens (including phenoxy) is 1. The number of rotatable bonds is 3. The number of hydrogen-bond acceptors (Lipinski definition) is 1. The molecule has 0 saturated carbocycles. The van der Waals surface area contributed by atoms with E-state index in [-0.39, 0.29) is 11.3 Å². The van der Waals surface area contributed by atoms with Gasteiger partial charge in [0.1, 0.15) is 23.2 Å². The van der Waals surface area contributed by atoms with Crippen molar-refractivity contribution in [1.82, 2.24) is 0 Å². The van der Waals surface area contributed by atoms with E-state index in [2.05, 4.69) is 4.74 Å². The first kappa shape index (κ1) is 13.3. The standard InChI is InChI=1S/C13H7F5O/c14-8-5-10(15)12(11(16)6-8)7-1-3-9(4-2-7)19-13(17)18/h1-6,13H. The van der Waals surface area contributed by atoms with Crippen molar-refractivity contribution in [3.05, 3.63) is 53.8 Å². The summed E-state index contributed by atoms with van der Waals surface area (Å²) in [5.74, 6) is -3.31. The first-order chi connectivity index (χ1) is 8.97. The minimum atomic E-state index is -2.98. The van der Waals surface area contributed by atoms with Gasteiger partial charge in [-0.3, -0.25) is 0 Å². The van der Waals surface area contributed by atoms with Crippen LogP contribution in [0.25, 0.3) is 11.1 Å². The van der Waals surface area contributed by atoms with Crippen molar-refractivity contribution in [2.45, 2.75) is 6.61 Å². The zero-order chi connectivity index (χ0) is 14.0. The molecule has 0 unspecified atom stereocenters. The van der Waals surface area contributed by atoms with Crippen molar-refractivity contribution in [2.24, 2.45) is 0 Å². The summed E-state index contributed by atoms with van der Waals surface area (Å²) in [4.78, 5) is 0. The Balaban J connectivity index is 2.37. The molecule has 0 heterocycles. The third kappa shape index (κ3) is 3.01. The maximum atomic E-state index is 13.5. The van der Waals surface area contributed by atoms with Gasteiger partial charge in [-0.05, 0) is 17.7 Å². The van der Waals surface area contributed by atoms with Crippen molar-refractivity contribution >= 4 is 0 Å². The fraction of sp³-hybridized carbons (Fsp3) is 0.0769. The zero-order valence-electron chi connectivity index (χ0n) is 9.34. The molecule has 2 aromatic carbocycles. The molecular weight excluding hydrogens is 267 g/mol. The van der Waals surface area contributed by atoms with Crippen LogP contribution in [-0.4, -0.2) is 6.61 Å². The molecule has 0 atom stereocenters. The van der Waals surface area contributed by atoms with Crippen LogP contribution in [0, 0.1) is 17.5 Å². The summed E-state index contributed by atoms with van der Waals surface area (Å²) in [6.45, 7) is -2.98. The molecule has 19 heavy (non-hydrogen) atoms. The quantitative estimate of drug-likeness (QED) is 0.755. The van der Waals surface area contributed by atoms with Gasteiger partial charge in [-0.25, -0.2) is 13.2 Å². The predicted molar refractivity (Wildman–Crippen MR) is 58.4 cm³/mol. The Morgan fingerprint density at radius 2 is 1.37 bits per heavy atom. The molecule has 0 radical (unpaired) electrons. The van der Waals surface area contributed by atoms with Crippen LogP contribution < -0.4 is 4.74 Å². The van der Waals surface area contributed by atoms with Gasteiger partial charge in [0, 0.05) is 12.1 Å². The lowest BCUT2D eigenvalue weighted by atomic mass is 10.0. The van der Waals surface area contributed by atoms with Crippen LogP contribution >= 0.6 is 0 Å². The van der Waals surface area contributed by atoms with E-state index in [4.69, 9.17) is 0 Å². The van der Waals surface area contributed by atoms with E-state index in [0.717, 1.165) is 12.1 Å². The van der Waals surface area contributed by atoms with Gasteiger partial charge in [-0.2, -0.15) is 8.78 Å². The van der Waals surface area contributed by atoms with Crippen molar-refractivity contribution in [3.63, 3.8) is 0 Å². The van der Waals surface area contributed by atoms with E-state index in [0.29, 0.717) is 12.1 Å². The Hall–Kier alpha value is -2.11. The van der Waals surface area contributed by atoms with Crippen LogP contribution in [0.2, 0.25) is 0 Å². The lowest BCUT2D eigenvalue weighted by Gasteiger charge is -2.08. The number of benzene rings is 2. The minimum Gasteiger partial charge on any atom is -0.435 e. The van der Waals surface area contributed by atoms with Gasteiger partial charge in [-0.15, -0.1) is 0 Å². The molecule has 1 nitrogen and oxygen atoms in total. The third-order valence-corrected chi connectivity index (χ3v) is 2.38. The van der Waals surface area contributed by atoms with E-state index >= 15 is 0 Å². The molecule has 100 valence electrons. The fourth-order valence-corrected chi connectivity index (χ4v) is 1.62. The first-order valence-corrected chi connectivity index (χ1v) is 5.17. The second kappa shape index (κ2) is 5.26. The molecule has 0 aliphatic carbocycles. The lowest BCUT2D eigenvalue weighted by Crippen LogP contribution is -2.01. The third-order valence-electron chi connectivity index (χ3n) is 2.38. The lowest BCUT2D eigenvalue weighted by molar-refractivity contribution is -0.0498. The molecule has 2 aromatic rings. The molecule has 2 rings (SSSR count). The van der Waals surface area contributed by atoms with Crippen molar-refractivity contribution in [3.8, 4) is 16.9 Å². The highest BCUT2D eigenvalue weighted by Gasteiger charge is 2.14. The second-order valence-corrected chi connectivity index (χ2v) is 3.65. The molecule has 0 aliphatic rings. The molecule has 0 N–H and O–H groups in total. The van der Waals surface area contributed by atoms with Crippen LogP contribution in [0.4, 0.5) is 22.0 Å². The molecule has 0 spiro atoms. The Morgan fingerprint density at radius 3 is 1.84 bits per heavy atom. The van der Waals surface area contributed by atoms with Gasteiger partial charge >= 0.3 is 6.61 Å². The molecular formula is C13H7F5O. The van der Waals surface area contributed by atoms with E-state index in [1.165, 1.54) is 12.1 Å². The van der Waals surface area contributed by atoms with Gasteiger partial charge in [0.25, 0.3) is 0 Å². The van der Waals surface area contributed by atoms with Gasteiger partial charge in [-0.1, -0.05) is 12.1 Å². The van der Waals surface area contributed by atoms with Crippen LogP contribution in [0.5, 0.6) is 5.75 Å². The average Bonchev–Trinajstić information content (AvgIpc) is 2.29. The molecule has 0 bridgehead atoms. The predicted octanol–water partition coefficient (Wildman–Crippen LogP) is 4.37. The summed E-state index contributed by atoms with van der Waals surface area (Å²) >= 11 is 0. The molecule has 0 saturated heterocycles. The Bertz CT molecular complexity index is 557. The number of hydrogen-bond donors (Lipinski definition) is 0. The highest BCUT2D eigenvalue weighted by molar-refractivity contribution is 5.65. The molecule has 0 amide bonds. The zero-order valence-corrected chi connectivity index (χ0v) is 9.34. The Labute approximate surface area is 105 Å². The molecule has 0 fully saturated rings. The van der Waals surface area contributed by atoms with Gasteiger partial charge in [0.05, 0.1) is 5.56 Å². The van der Waals surface area contributed by atoms with Crippen LogP contribution in [-0.2, 0) is 0 Å². The smallest absolute Gasteiger partial charge is 0.387 e. The van der Waals surface area contributed by atoms with Crippen LogP contribution in [0.1, 0.15) is 0 Å². The molecule has 0 aromatic heterocycles. The van der Waals surface area contributed by atoms with E-state index in [1.54, 1.807) is 0 Å². The Morgan fingerprint density at radius 1 is 0.842 bits per heavy atom.